The first-order valence-corrected chi connectivity index (χ1v) is 10.1. The standard InChI is InChI=1S/C19H22N2O5S/c1-5-26-19(23)15-8-6-7-9-16(15)20-18(22)14-10-11-17(13(2)12-14)21(3)27(4,24)25/h6-12H,5H2,1-4H3,(H,20,22). The Morgan fingerprint density at radius 3 is 2.41 bits per heavy atom. The number of aryl methyl sites for hydroxylation is 1. The van der Waals surface area contributed by atoms with Crippen LogP contribution in [0.2, 0.25) is 0 Å². The number of sulfonamides is 1. The molecule has 1 N–H and O–H groups in total. The summed E-state index contributed by atoms with van der Waals surface area (Å²) in [4.78, 5) is 24.6. The van der Waals surface area contributed by atoms with Gasteiger partial charge in [-0.25, -0.2) is 13.2 Å². The van der Waals surface area contributed by atoms with Crippen molar-refractivity contribution in [2.45, 2.75) is 13.8 Å². The summed E-state index contributed by atoms with van der Waals surface area (Å²) in [6.07, 6.45) is 1.11. The van der Waals surface area contributed by atoms with Crippen molar-refractivity contribution in [1.29, 1.82) is 0 Å². The molecule has 0 unspecified atom stereocenters. The van der Waals surface area contributed by atoms with E-state index < -0.39 is 21.9 Å². The second-order valence-corrected chi connectivity index (χ2v) is 7.97. The van der Waals surface area contributed by atoms with Crippen LogP contribution in [0.4, 0.5) is 11.4 Å². The molecule has 1 amide bonds. The number of rotatable bonds is 6. The number of amides is 1. The number of anilines is 2. The first-order valence-electron chi connectivity index (χ1n) is 8.27. The number of hydrogen-bond donors (Lipinski definition) is 1. The lowest BCUT2D eigenvalue weighted by atomic mass is 10.1. The van der Waals surface area contributed by atoms with Gasteiger partial charge in [-0.1, -0.05) is 12.1 Å². The summed E-state index contributed by atoms with van der Waals surface area (Å²) >= 11 is 0. The van der Waals surface area contributed by atoms with Crippen molar-refractivity contribution in [2.75, 3.05) is 29.5 Å². The van der Waals surface area contributed by atoms with Crippen LogP contribution in [0.15, 0.2) is 42.5 Å². The van der Waals surface area contributed by atoms with Crippen LogP contribution in [0, 0.1) is 6.92 Å². The Hall–Kier alpha value is -2.87. The molecule has 2 rings (SSSR count). The minimum Gasteiger partial charge on any atom is -0.462 e. The number of carbonyl (C=O) groups excluding carboxylic acids is 2. The number of para-hydroxylation sites is 1. The van der Waals surface area contributed by atoms with E-state index in [-0.39, 0.29) is 12.2 Å². The second kappa shape index (κ2) is 8.22. The van der Waals surface area contributed by atoms with Gasteiger partial charge in [0.25, 0.3) is 5.91 Å². The summed E-state index contributed by atoms with van der Waals surface area (Å²) in [6, 6.07) is 11.3. The third-order valence-electron chi connectivity index (χ3n) is 3.97. The van der Waals surface area contributed by atoms with Crippen LogP contribution < -0.4 is 9.62 Å². The Kier molecular flexibility index (Phi) is 6.22. The lowest BCUT2D eigenvalue weighted by Gasteiger charge is -2.19. The fourth-order valence-corrected chi connectivity index (χ4v) is 3.06. The number of nitrogens with one attached hydrogen (secondary N) is 1. The molecule has 144 valence electrons. The Balaban J connectivity index is 2.28. The highest BCUT2D eigenvalue weighted by atomic mass is 32.2. The summed E-state index contributed by atoms with van der Waals surface area (Å²) in [7, 11) is -1.95. The maximum atomic E-state index is 12.6. The van der Waals surface area contributed by atoms with Crippen molar-refractivity contribution in [3.63, 3.8) is 0 Å². The first-order chi connectivity index (χ1) is 12.6. The number of nitrogens with zero attached hydrogens (tertiary/aromatic N) is 1. The molecule has 0 saturated heterocycles. The minimum absolute atomic E-state index is 0.232. The van der Waals surface area contributed by atoms with E-state index in [1.807, 2.05) is 0 Å². The predicted octanol–water partition coefficient (Wildman–Crippen LogP) is 2.82. The minimum atomic E-state index is -3.40. The van der Waals surface area contributed by atoms with Crippen LogP contribution in [-0.2, 0) is 14.8 Å². The van der Waals surface area contributed by atoms with Crippen LogP contribution in [0.25, 0.3) is 0 Å². The Bertz CT molecular complexity index is 970. The van der Waals surface area contributed by atoms with Crippen molar-refractivity contribution in [3.05, 3.63) is 59.2 Å². The number of hydrogen-bond acceptors (Lipinski definition) is 5. The summed E-state index contributed by atoms with van der Waals surface area (Å²) in [6.45, 7) is 3.66. The van der Waals surface area contributed by atoms with E-state index in [4.69, 9.17) is 4.74 Å². The van der Waals surface area contributed by atoms with E-state index in [2.05, 4.69) is 5.32 Å². The van der Waals surface area contributed by atoms with Gasteiger partial charge in [0.1, 0.15) is 0 Å². The summed E-state index contributed by atoms with van der Waals surface area (Å²) in [5.74, 6) is -0.932. The predicted molar refractivity (Wildman–Crippen MR) is 105 cm³/mol. The summed E-state index contributed by atoms with van der Waals surface area (Å²) in [5, 5.41) is 2.70. The number of benzene rings is 2. The first kappa shape index (κ1) is 20.4. The number of carbonyl (C=O) groups is 2. The molecule has 0 atom stereocenters. The monoisotopic (exact) mass is 390 g/mol. The quantitative estimate of drug-likeness (QED) is 0.766. The highest BCUT2D eigenvalue weighted by Gasteiger charge is 2.18. The second-order valence-electron chi connectivity index (χ2n) is 5.95. The zero-order valence-electron chi connectivity index (χ0n) is 15.6. The third-order valence-corrected chi connectivity index (χ3v) is 5.16. The fraction of sp³-hybridized carbons (Fsp3) is 0.263. The van der Waals surface area contributed by atoms with Crippen LogP contribution in [0.1, 0.15) is 33.2 Å². The maximum absolute atomic E-state index is 12.6. The zero-order valence-corrected chi connectivity index (χ0v) is 16.5. The average molecular weight is 390 g/mol. The van der Waals surface area contributed by atoms with Crippen LogP contribution in [0.3, 0.4) is 0 Å². The van der Waals surface area contributed by atoms with E-state index in [0.29, 0.717) is 22.5 Å². The topological polar surface area (TPSA) is 92.8 Å². The van der Waals surface area contributed by atoms with Crippen LogP contribution in [0.5, 0.6) is 0 Å². The summed E-state index contributed by atoms with van der Waals surface area (Å²) in [5.41, 5.74) is 2.07. The van der Waals surface area contributed by atoms with Gasteiger partial charge < -0.3 is 10.1 Å². The molecule has 0 spiro atoms. The van der Waals surface area contributed by atoms with Gasteiger partial charge in [-0.15, -0.1) is 0 Å². The Morgan fingerprint density at radius 2 is 1.81 bits per heavy atom. The Morgan fingerprint density at radius 1 is 1.15 bits per heavy atom. The van der Waals surface area contributed by atoms with Crippen LogP contribution in [-0.4, -0.2) is 40.2 Å². The molecule has 0 aliphatic carbocycles. The number of esters is 1. The van der Waals surface area contributed by atoms with Crippen molar-refractivity contribution in [2.24, 2.45) is 0 Å². The average Bonchev–Trinajstić information content (AvgIpc) is 2.61. The molecule has 27 heavy (non-hydrogen) atoms. The zero-order chi connectivity index (χ0) is 20.2. The number of ether oxygens (including phenoxy) is 1. The van der Waals surface area contributed by atoms with Gasteiger partial charge >= 0.3 is 5.97 Å². The molecule has 0 saturated carbocycles. The lowest BCUT2D eigenvalue weighted by Crippen LogP contribution is -2.25. The summed E-state index contributed by atoms with van der Waals surface area (Å²) < 4.78 is 29.6. The molecule has 0 bridgehead atoms. The third kappa shape index (κ3) is 4.85. The van der Waals surface area contributed by atoms with Gasteiger partial charge in [0.15, 0.2) is 0 Å². The molecular formula is C19H22N2O5S. The molecule has 0 aliphatic heterocycles. The van der Waals surface area contributed by atoms with Gasteiger partial charge in [0, 0.05) is 12.6 Å². The van der Waals surface area contributed by atoms with E-state index >= 15 is 0 Å². The lowest BCUT2D eigenvalue weighted by molar-refractivity contribution is 0.0527. The highest BCUT2D eigenvalue weighted by molar-refractivity contribution is 7.92. The largest absolute Gasteiger partial charge is 0.462 e. The van der Waals surface area contributed by atoms with E-state index in [9.17, 15) is 18.0 Å². The molecule has 0 aliphatic rings. The van der Waals surface area contributed by atoms with Crippen molar-refractivity contribution in [1.82, 2.24) is 0 Å². The SMILES string of the molecule is CCOC(=O)c1ccccc1NC(=O)c1ccc(N(C)S(C)(=O)=O)c(C)c1. The molecular weight excluding hydrogens is 368 g/mol. The molecule has 0 aromatic heterocycles. The van der Waals surface area contributed by atoms with E-state index in [1.54, 1.807) is 50.2 Å². The van der Waals surface area contributed by atoms with Gasteiger partial charge in [0.05, 0.1) is 29.8 Å². The fourth-order valence-electron chi connectivity index (χ4n) is 2.50. The normalized spacial score (nSPS) is 11.0. The molecule has 0 heterocycles. The van der Waals surface area contributed by atoms with Gasteiger partial charge in [-0.05, 0) is 49.7 Å². The molecule has 2 aromatic carbocycles. The highest BCUT2D eigenvalue weighted by Crippen LogP contribution is 2.23. The van der Waals surface area contributed by atoms with E-state index in [1.165, 1.54) is 13.1 Å². The van der Waals surface area contributed by atoms with Crippen molar-refractivity contribution >= 4 is 33.3 Å². The maximum Gasteiger partial charge on any atom is 0.340 e. The van der Waals surface area contributed by atoms with Gasteiger partial charge in [-0.2, -0.15) is 0 Å². The van der Waals surface area contributed by atoms with Gasteiger partial charge in [-0.3, -0.25) is 9.10 Å². The van der Waals surface area contributed by atoms with Crippen LogP contribution >= 0.6 is 0 Å². The van der Waals surface area contributed by atoms with Gasteiger partial charge in [0.2, 0.25) is 10.0 Å². The molecule has 7 nitrogen and oxygen atoms in total. The smallest absolute Gasteiger partial charge is 0.340 e. The van der Waals surface area contributed by atoms with E-state index in [0.717, 1.165) is 10.6 Å². The molecule has 8 heteroatoms. The molecule has 0 radical (unpaired) electrons. The molecule has 0 fully saturated rings. The van der Waals surface area contributed by atoms with Crippen molar-refractivity contribution < 1.29 is 22.7 Å². The van der Waals surface area contributed by atoms with Crippen molar-refractivity contribution in [3.8, 4) is 0 Å². The molecule has 2 aromatic rings. The Labute approximate surface area is 159 Å².